The fourth-order valence-corrected chi connectivity index (χ4v) is 1.55. The summed E-state index contributed by atoms with van der Waals surface area (Å²) in [6, 6.07) is 0. The summed E-state index contributed by atoms with van der Waals surface area (Å²) in [5.74, 6) is 0. The Kier molecular flexibility index (Phi) is 0.885. The van der Waals surface area contributed by atoms with Crippen LogP contribution in [0.2, 0.25) is 0 Å². The molecular weight excluding hydrogens is 110 g/mol. The summed E-state index contributed by atoms with van der Waals surface area (Å²) in [6.07, 6.45) is 3.54. The van der Waals surface area contributed by atoms with Crippen LogP contribution in [-0.4, -0.2) is 15.7 Å². The van der Waals surface area contributed by atoms with Crippen molar-refractivity contribution >= 4 is 9.73 Å². The maximum absolute atomic E-state index is 10.6. The molecule has 0 aromatic rings. The smallest absolute Gasteiger partial charge is 0.0441 e. The first-order valence-corrected chi connectivity index (χ1v) is 4.36. The van der Waals surface area contributed by atoms with E-state index in [2.05, 4.69) is 0 Å². The number of hydrogen-bond donors (Lipinski definition) is 1. The van der Waals surface area contributed by atoms with Crippen molar-refractivity contribution in [2.24, 2.45) is 0 Å². The quantitative estimate of drug-likeness (QED) is 0.545. The lowest BCUT2D eigenvalue weighted by Gasteiger charge is -1.89. The molecule has 0 radical (unpaired) electrons. The van der Waals surface area contributed by atoms with Gasteiger partial charge in [-0.15, -0.1) is 0 Å². The summed E-state index contributed by atoms with van der Waals surface area (Å²) in [5.41, 5.74) is 0. The van der Waals surface area contributed by atoms with Crippen LogP contribution in [0, 0.1) is 4.78 Å². The van der Waals surface area contributed by atoms with Gasteiger partial charge < -0.3 is 0 Å². The Morgan fingerprint density at radius 1 is 1.71 bits per heavy atom. The molecule has 0 unspecified atom stereocenters. The van der Waals surface area contributed by atoms with E-state index in [0.717, 1.165) is 12.8 Å². The van der Waals surface area contributed by atoms with Crippen molar-refractivity contribution in [1.29, 1.82) is 4.78 Å². The molecule has 1 aliphatic rings. The fraction of sp³-hybridized carbons (Fsp3) is 1.00. The third kappa shape index (κ3) is 1.16. The number of hydrogen-bond acceptors (Lipinski definition) is 2. The first kappa shape index (κ1) is 5.09. The summed E-state index contributed by atoms with van der Waals surface area (Å²) in [6.45, 7) is 0. The van der Waals surface area contributed by atoms with E-state index in [1.807, 2.05) is 0 Å². The summed E-state index contributed by atoms with van der Waals surface area (Å²) < 4.78 is 17.6. The van der Waals surface area contributed by atoms with Gasteiger partial charge in [0.05, 0.1) is 0 Å². The van der Waals surface area contributed by atoms with Crippen molar-refractivity contribution < 1.29 is 4.21 Å². The van der Waals surface area contributed by atoms with Crippen molar-refractivity contribution in [3.05, 3.63) is 0 Å². The van der Waals surface area contributed by atoms with E-state index in [0.29, 0.717) is 0 Å². The van der Waals surface area contributed by atoms with Crippen LogP contribution in [-0.2, 0) is 9.73 Å². The molecule has 0 aromatic carbocycles. The minimum Gasteiger partial charge on any atom is -0.253 e. The Morgan fingerprint density at radius 3 is 2.14 bits per heavy atom. The van der Waals surface area contributed by atoms with E-state index in [9.17, 15) is 4.21 Å². The molecule has 0 aliphatic heterocycles. The highest BCUT2D eigenvalue weighted by Gasteiger charge is 2.28. The summed E-state index contributed by atoms with van der Waals surface area (Å²) >= 11 is 0. The Hall–Kier alpha value is -0.0500. The van der Waals surface area contributed by atoms with Gasteiger partial charge in [0.25, 0.3) is 0 Å². The van der Waals surface area contributed by atoms with Crippen LogP contribution in [0.25, 0.3) is 0 Å². The molecule has 42 valence electrons. The van der Waals surface area contributed by atoms with Gasteiger partial charge in [0, 0.05) is 21.2 Å². The molecule has 0 bridgehead atoms. The van der Waals surface area contributed by atoms with Gasteiger partial charge in [-0.3, -0.25) is 4.78 Å². The summed E-state index contributed by atoms with van der Waals surface area (Å²) in [5, 5.41) is 0.243. The first-order chi connectivity index (χ1) is 3.11. The van der Waals surface area contributed by atoms with E-state index in [1.54, 1.807) is 0 Å². The standard InChI is InChI=1S/C4H9NOS/c1-7(5,6)4-2-3-4/h4-5H,2-3H2,1H3/t7-/m1/s1. The van der Waals surface area contributed by atoms with E-state index in [4.69, 9.17) is 4.78 Å². The lowest BCUT2D eigenvalue weighted by atomic mass is 11.0. The molecule has 3 heteroatoms. The van der Waals surface area contributed by atoms with Crippen molar-refractivity contribution in [1.82, 2.24) is 0 Å². The SMILES string of the molecule is C[S@@](=N)(=O)C1CC1. The van der Waals surface area contributed by atoms with Crippen molar-refractivity contribution in [3.63, 3.8) is 0 Å². The minimum absolute atomic E-state index is 0.243. The molecule has 0 spiro atoms. The van der Waals surface area contributed by atoms with Crippen LogP contribution in [0.5, 0.6) is 0 Å². The maximum atomic E-state index is 10.6. The zero-order valence-corrected chi connectivity index (χ0v) is 5.12. The van der Waals surface area contributed by atoms with E-state index < -0.39 is 9.73 Å². The summed E-state index contributed by atoms with van der Waals surface area (Å²) in [7, 11) is -2.13. The van der Waals surface area contributed by atoms with E-state index >= 15 is 0 Å². The molecular formula is C4H9NOS. The minimum atomic E-state index is -2.13. The molecule has 1 saturated carbocycles. The average molecular weight is 119 g/mol. The van der Waals surface area contributed by atoms with Gasteiger partial charge >= 0.3 is 0 Å². The topological polar surface area (TPSA) is 40.9 Å². The lowest BCUT2D eigenvalue weighted by Crippen LogP contribution is -1.98. The predicted octanol–water partition coefficient (Wildman–Crippen LogP) is 0.825. The molecule has 1 fully saturated rings. The van der Waals surface area contributed by atoms with Crippen molar-refractivity contribution in [2.45, 2.75) is 18.1 Å². The van der Waals surface area contributed by atoms with Crippen LogP contribution in [0.1, 0.15) is 12.8 Å². The van der Waals surface area contributed by atoms with Crippen LogP contribution in [0.3, 0.4) is 0 Å². The van der Waals surface area contributed by atoms with E-state index in [-0.39, 0.29) is 5.25 Å². The van der Waals surface area contributed by atoms with Gasteiger partial charge in [-0.2, -0.15) is 0 Å². The van der Waals surface area contributed by atoms with Gasteiger partial charge in [0.2, 0.25) is 0 Å². The second kappa shape index (κ2) is 1.22. The second-order valence-electron chi connectivity index (χ2n) is 2.10. The molecule has 1 N–H and O–H groups in total. The lowest BCUT2D eigenvalue weighted by molar-refractivity contribution is 0.678. The highest BCUT2D eigenvalue weighted by atomic mass is 32.2. The van der Waals surface area contributed by atoms with Gasteiger partial charge in [-0.25, -0.2) is 4.21 Å². The second-order valence-corrected chi connectivity index (χ2v) is 4.58. The third-order valence-corrected chi connectivity index (χ3v) is 2.90. The van der Waals surface area contributed by atoms with Crippen LogP contribution in [0.4, 0.5) is 0 Å². The van der Waals surface area contributed by atoms with E-state index in [1.165, 1.54) is 6.26 Å². The van der Waals surface area contributed by atoms with Crippen molar-refractivity contribution in [2.75, 3.05) is 6.26 Å². The Balaban J connectivity index is 2.71. The molecule has 7 heavy (non-hydrogen) atoms. The van der Waals surface area contributed by atoms with Gasteiger partial charge in [-0.1, -0.05) is 0 Å². The summed E-state index contributed by atoms with van der Waals surface area (Å²) in [4.78, 5) is 0. The molecule has 1 rings (SSSR count). The van der Waals surface area contributed by atoms with Gasteiger partial charge in [0.1, 0.15) is 0 Å². The average Bonchev–Trinajstić information content (AvgIpc) is 1.99. The fourth-order valence-electron chi connectivity index (χ4n) is 0.518. The van der Waals surface area contributed by atoms with Crippen LogP contribution >= 0.6 is 0 Å². The molecule has 1 aliphatic carbocycles. The maximum Gasteiger partial charge on any atom is 0.0441 e. The van der Waals surface area contributed by atoms with Crippen LogP contribution in [0.15, 0.2) is 0 Å². The largest absolute Gasteiger partial charge is 0.253 e. The molecule has 0 amide bonds. The molecule has 2 nitrogen and oxygen atoms in total. The zero-order chi connectivity index (χ0) is 5.49. The highest BCUT2D eigenvalue weighted by molar-refractivity contribution is 7.92. The van der Waals surface area contributed by atoms with Gasteiger partial charge in [0.15, 0.2) is 0 Å². The third-order valence-electron chi connectivity index (χ3n) is 1.16. The zero-order valence-electron chi connectivity index (χ0n) is 4.31. The highest BCUT2D eigenvalue weighted by Crippen LogP contribution is 2.27. The molecule has 0 aromatic heterocycles. The van der Waals surface area contributed by atoms with Gasteiger partial charge in [-0.05, 0) is 12.8 Å². The van der Waals surface area contributed by atoms with Crippen molar-refractivity contribution in [3.8, 4) is 0 Å². The van der Waals surface area contributed by atoms with Crippen LogP contribution < -0.4 is 0 Å². The number of rotatable bonds is 1. The number of nitrogens with one attached hydrogen (secondary N) is 1. The molecule has 1 atom stereocenters. The Labute approximate surface area is 43.9 Å². The monoisotopic (exact) mass is 119 g/mol. The molecule has 0 saturated heterocycles. The predicted molar refractivity (Wildman–Crippen MR) is 29.8 cm³/mol. The Morgan fingerprint density at radius 2 is 2.14 bits per heavy atom. The Bertz CT molecular complexity index is 155. The normalized spacial score (nSPS) is 29.3. The first-order valence-electron chi connectivity index (χ1n) is 2.33. The molecule has 0 heterocycles.